The van der Waals surface area contributed by atoms with Crippen molar-refractivity contribution in [3.05, 3.63) is 94.5 Å². The highest BCUT2D eigenvalue weighted by Crippen LogP contribution is 2.25. The minimum absolute atomic E-state index is 0.0428. The first-order valence-corrected chi connectivity index (χ1v) is 11.9. The Kier molecular flexibility index (Phi) is 6.20. The molecule has 0 saturated heterocycles. The van der Waals surface area contributed by atoms with Crippen LogP contribution in [0.4, 0.5) is 5.69 Å². The Bertz CT molecular complexity index is 1480. The summed E-state index contributed by atoms with van der Waals surface area (Å²) in [7, 11) is -3.82. The number of carboxylic acids is 1. The number of anilines is 1. The van der Waals surface area contributed by atoms with Gasteiger partial charge in [0.05, 0.1) is 27.3 Å². The molecule has 3 aromatic carbocycles. The number of rotatable bonds is 7. The van der Waals surface area contributed by atoms with Crippen LogP contribution in [0.3, 0.4) is 0 Å². The highest BCUT2D eigenvalue weighted by molar-refractivity contribution is 7.89. The Morgan fingerprint density at radius 1 is 0.914 bits per heavy atom. The lowest BCUT2D eigenvalue weighted by Gasteiger charge is -2.13. The van der Waals surface area contributed by atoms with Gasteiger partial charge >= 0.3 is 5.97 Å². The summed E-state index contributed by atoms with van der Waals surface area (Å²) in [6.45, 7) is 0.0502. The third-order valence-electron chi connectivity index (χ3n) is 5.51. The molecule has 0 aliphatic carbocycles. The molecule has 35 heavy (non-hydrogen) atoms. The molecule has 0 atom stereocenters. The van der Waals surface area contributed by atoms with E-state index in [0.29, 0.717) is 5.56 Å². The third kappa shape index (κ3) is 4.81. The van der Waals surface area contributed by atoms with Gasteiger partial charge in [-0.25, -0.2) is 18.4 Å². The fraction of sp³-hybridized carbons (Fsp3) is 0.0833. The van der Waals surface area contributed by atoms with Crippen molar-refractivity contribution in [2.45, 2.75) is 11.3 Å². The van der Waals surface area contributed by atoms with E-state index in [2.05, 4.69) is 5.32 Å². The van der Waals surface area contributed by atoms with Crippen molar-refractivity contribution in [3.8, 4) is 0 Å². The van der Waals surface area contributed by atoms with Gasteiger partial charge in [-0.05, 0) is 54.4 Å². The van der Waals surface area contributed by atoms with Crippen LogP contribution in [0.5, 0.6) is 0 Å². The number of benzene rings is 3. The first kappa shape index (κ1) is 23.8. The molecule has 0 unspecified atom stereocenters. The van der Waals surface area contributed by atoms with Crippen molar-refractivity contribution in [2.75, 3.05) is 11.9 Å². The minimum atomic E-state index is -3.82. The van der Waals surface area contributed by atoms with Crippen LogP contribution in [0.25, 0.3) is 0 Å². The van der Waals surface area contributed by atoms with Crippen LogP contribution >= 0.6 is 0 Å². The average Bonchev–Trinajstić information content (AvgIpc) is 3.06. The molecule has 0 spiro atoms. The molecule has 1 aliphatic heterocycles. The zero-order valence-electron chi connectivity index (χ0n) is 18.1. The van der Waals surface area contributed by atoms with Gasteiger partial charge in [-0.2, -0.15) is 0 Å². The molecular weight excluding hydrogens is 474 g/mol. The van der Waals surface area contributed by atoms with E-state index in [4.69, 9.17) is 5.14 Å². The number of primary sulfonamides is 1. The second-order valence-electron chi connectivity index (χ2n) is 7.77. The normalized spacial score (nSPS) is 13.0. The highest BCUT2D eigenvalue weighted by atomic mass is 32.2. The molecule has 0 radical (unpaired) electrons. The van der Waals surface area contributed by atoms with Crippen LogP contribution in [0.1, 0.15) is 47.0 Å². The van der Waals surface area contributed by atoms with Gasteiger partial charge in [0.15, 0.2) is 0 Å². The Labute approximate surface area is 200 Å². The SMILES string of the molecule is NS(=O)(=O)c1ccc(CCN2C(=O)c3ccc(C(=O)Nc4ccccc4C(=O)O)cc3C2=O)cc1. The smallest absolute Gasteiger partial charge is 0.337 e. The van der Waals surface area contributed by atoms with Gasteiger partial charge < -0.3 is 10.4 Å². The number of sulfonamides is 1. The molecule has 0 fully saturated rings. The maximum Gasteiger partial charge on any atom is 0.337 e. The standard InChI is InChI=1S/C24H19N3O7S/c25-35(33,34)16-8-5-14(6-9-16)11-12-27-22(29)17-10-7-15(13-19(17)23(27)30)21(28)26-20-4-2-1-3-18(20)24(31)32/h1-10,13H,11-12H2,(H,26,28)(H,31,32)(H2,25,33,34). The first-order valence-electron chi connectivity index (χ1n) is 10.3. The number of nitrogens with two attached hydrogens (primary N) is 1. The molecule has 3 aromatic rings. The van der Waals surface area contributed by atoms with E-state index in [9.17, 15) is 32.7 Å². The molecule has 4 N–H and O–H groups in total. The number of imide groups is 1. The Balaban J connectivity index is 1.49. The number of carboxylic acid groups (broad SMARTS) is 1. The third-order valence-corrected chi connectivity index (χ3v) is 6.44. The van der Waals surface area contributed by atoms with Gasteiger partial charge in [0, 0.05) is 12.1 Å². The number of carbonyl (C=O) groups is 4. The van der Waals surface area contributed by atoms with E-state index in [1.54, 1.807) is 18.2 Å². The molecule has 4 rings (SSSR count). The number of fused-ring (bicyclic) bond motifs is 1. The summed E-state index contributed by atoms with van der Waals surface area (Å²) in [4.78, 5) is 50.7. The lowest BCUT2D eigenvalue weighted by Crippen LogP contribution is -2.31. The Hall–Kier alpha value is -4.35. The molecule has 0 saturated carbocycles. The Morgan fingerprint density at radius 3 is 2.23 bits per heavy atom. The summed E-state index contributed by atoms with van der Waals surface area (Å²) in [6.07, 6.45) is 0.287. The summed E-state index contributed by atoms with van der Waals surface area (Å²) in [6, 6.07) is 15.8. The molecule has 0 bridgehead atoms. The monoisotopic (exact) mass is 493 g/mol. The molecule has 1 aliphatic rings. The number of para-hydroxylation sites is 1. The van der Waals surface area contributed by atoms with Crippen LogP contribution in [-0.4, -0.2) is 48.7 Å². The molecular formula is C24H19N3O7S. The van der Waals surface area contributed by atoms with E-state index < -0.39 is 33.7 Å². The van der Waals surface area contributed by atoms with E-state index in [1.165, 1.54) is 48.5 Å². The van der Waals surface area contributed by atoms with Crippen molar-refractivity contribution < 1.29 is 32.7 Å². The van der Waals surface area contributed by atoms with E-state index in [0.717, 1.165) is 4.90 Å². The van der Waals surface area contributed by atoms with Crippen LogP contribution in [0.15, 0.2) is 71.6 Å². The number of nitrogens with zero attached hydrogens (tertiary/aromatic N) is 1. The fourth-order valence-electron chi connectivity index (χ4n) is 3.69. The van der Waals surface area contributed by atoms with Gasteiger partial charge in [0.25, 0.3) is 17.7 Å². The summed E-state index contributed by atoms with van der Waals surface area (Å²) in [5.41, 5.74) is 1.02. The molecule has 1 heterocycles. The van der Waals surface area contributed by atoms with Crippen LogP contribution in [-0.2, 0) is 16.4 Å². The second-order valence-corrected chi connectivity index (χ2v) is 9.33. The second kappa shape index (κ2) is 9.12. The van der Waals surface area contributed by atoms with Crippen LogP contribution < -0.4 is 10.5 Å². The molecule has 10 nitrogen and oxygen atoms in total. The van der Waals surface area contributed by atoms with Crippen molar-refractivity contribution in [3.63, 3.8) is 0 Å². The maximum atomic E-state index is 12.9. The number of nitrogens with one attached hydrogen (secondary N) is 1. The molecule has 178 valence electrons. The predicted octanol–water partition coefficient (Wildman–Crippen LogP) is 2.12. The molecule has 3 amide bonds. The lowest BCUT2D eigenvalue weighted by atomic mass is 10.0. The summed E-state index contributed by atoms with van der Waals surface area (Å²) >= 11 is 0. The summed E-state index contributed by atoms with van der Waals surface area (Å²) < 4.78 is 22.7. The minimum Gasteiger partial charge on any atom is -0.478 e. The van der Waals surface area contributed by atoms with Gasteiger partial charge in [0.2, 0.25) is 10.0 Å². The number of hydrogen-bond acceptors (Lipinski definition) is 6. The van der Waals surface area contributed by atoms with Crippen LogP contribution in [0.2, 0.25) is 0 Å². The summed E-state index contributed by atoms with van der Waals surface area (Å²) in [5, 5.41) is 16.9. The zero-order chi connectivity index (χ0) is 25.3. The molecule has 11 heteroatoms. The number of hydrogen-bond donors (Lipinski definition) is 3. The van der Waals surface area contributed by atoms with Crippen LogP contribution in [0, 0.1) is 0 Å². The number of carbonyl (C=O) groups excluding carboxylic acids is 3. The van der Waals surface area contributed by atoms with Crippen molar-refractivity contribution in [2.24, 2.45) is 5.14 Å². The first-order chi connectivity index (χ1) is 16.6. The quantitative estimate of drug-likeness (QED) is 0.424. The highest BCUT2D eigenvalue weighted by Gasteiger charge is 2.35. The van der Waals surface area contributed by atoms with E-state index in [-0.39, 0.29) is 45.8 Å². The van der Waals surface area contributed by atoms with Crippen molar-refractivity contribution in [1.29, 1.82) is 0 Å². The van der Waals surface area contributed by atoms with Gasteiger partial charge in [-0.1, -0.05) is 24.3 Å². The van der Waals surface area contributed by atoms with Gasteiger partial charge in [0.1, 0.15) is 0 Å². The van der Waals surface area contributed by atoms with E-state index in [1.807, 2.05) is 0 Å². The molecule has 0 aromatic heterocycles. The van der Waals surface area contributed by atoms with Gasteiger partial charge in [-0.15, -0.1) is 0 Å². The summed E-state index contributed by atoms with van der Waals surface area (Å²) in [5.74, 6) is -2.90. The van der Waals surface area contributed by atoms with Crippen molar-refractivity contribution in [1.82, 2.24) is 4.90 Å². The average molecular weight is 493 g/mol. The fourth-order valence-corrected chi connectivity index (χ4v) is 4.21. The largest absolute Gasteiger partial charge is 0.478 e. The predicted molar refractivity (Wildman–Crippen MR) is 125 cm³/mol. The topological polar surface area (TPSA) is 164 Å². The number of aromatic carboxylic acids is 1. The van der Waals surface area contributed by atoms with E-state index >= 15 is 0 Å². The Morgan fingerprint density at radius 2 is 1.57 bits per heavy atom. The maximum absolute atomic E-state index is 12.9. The number of amides is 3. The zero-order valence-corrected chi connectivity index (χ0v) is 18.9. The lowest BCUT2D eigenvalue weighted by molar-refractivity contribution is 0.0652. The van der Waals surface area contributed by atoms with Gasteiger partial charge in [-0.3, -0.25) is 19.3 Å². The van der Waals surface area contributed by atoms with Crippen molar-refractivity contribution >= 4 is 39.4 Å².